The summed E-state index contributed by atoms with van der Waals surface area (Å²) in [7, 11) is 1.52. The number of amides is 1. The molecule has 0 radical (unpaired) electrons. The van der Waals surface area contributed by atoms with Gasteiger partial charge in [0.05, 0.1) is 11.6 Å². The Kier molecular flexibility index (Phi) is 5.15. The number of aryl methyl sites for hydroxylation is 1. The van der Waals surface area contributed by atoms with Crippen LogP contribution in [0.25, 0.3) is 11.0 Å². The molecule has 0 fully saturated rings. The third-order valence-electron chi connectivity index (χ3n) is 4.51. The molecule has 0 saturated heterocycles. The van der Waals surface area contributed by atoms with Crippen molar-refractivity contribution >= 4 is 28.5 Å². The zero-order valence-electron chi connectivity index (χ0n) is 14.6. The summed E-state index contributed by atoms with van der Waals surface area (Å²) in [5, 5.41) is 19.9. The fourth-order valence-corrected chi connectivity index (χ4v) is 2.74. The number of carbonyl (C=O) groups excluding carboxylic acids is 1. The van der Waals surface area contributed by atoms with E-state index in [1.807, 2.05) is 0 Å². The van der Waals surface area contributed by atoms with E-state index in [0.29, 0.717) is 22.9 Å². The van der Waals surface area contributed by atoms with E-state index in [4.69, 9.17) is 4.42 Å². The van der Waals surface area contributed by atoms with Crippen LogP contribution < -0.4 is 10.5 Å². The molecule has 2 N–H and O–H groups in total. The van der Waals surface area contributed by atoms with Gasteiger partial charge in [-0.3, -0.25) is 9.59 Å². The molecule has 0 spiro atoms. The minimum absolute atomic E-state index is 0.0642. The number of rotatable bonds is 5. The first-order valence-corrected chi connectivity index (χ1v) is 7.93. The summed E-state index contributed by atoms with van der Waals surface area (Å²) >= 11 is 0. The zero-order chi connectivity index (χ0) is 18.9. The highest BCUT2D eigenvalue weighted by Crippen LogP contribution is 2.33. The highest BCUT2D eigenvalue weighted by molar-refractivity contribution is 5.96. The van der Waals surface area contributed by atoms with Crippen LogP contribution in [0.15, 0.2) is 21.3 Å². The van der Waals surface area contributed by atoms with Crippen molar-refractivity contribution in [1.29, 1.82) is 0 Å². The summed E-state index contributed by atoms with van der Waals surface area (Å²) in [5.74, 6) is -2.10. The lowest BCUT2D eigenvalue weighted by Crippen LogP contribution is -2.23. The molecule has 1 aromatic carbocycles. The molecule has 1 heterocycles. The quantitative estimate of drug-likeness (QED) is 0.804. The lowest BCUT2D eigenvalue weighted by atomic mass is 9.94. The van der Waals surface area contributed by atoms with Crippen LogP contribution in [0.4, 0.5) is 5.69 Å². The van der Waals surface area contributed by atoms with Crippen LogP contribution in [0.3, 0.4) is 0 Å². The van der Waals surface area contributed by atoms with Gasteiger partial charge in [-0.2, -0.15) is 0 Å². The van der Waals surface area contributed by atoms with Gasteiger partial charge in [0.15, 0.2) is 0 Å². The van der Waals surface area contributed by atoms with Gasteiger partial charge in [0.2, 0.25) is 5.91 Å². The highest BCUT2D eigenvalue weighted by atomic mass is 16.4. The van der Waals surface area contributed by atoms with Crippen LogP contribution in [-0.4, -0.2) is 29.1 Å². The van der Waals surface area contributed by atoms with E-state index in [2.05, 4.69) is 0 Å². The molecule has 1 aromatic heterocycles. The van der Waals surface area contributed by atoms with Gasteiger partial charge in [-0.05, 0) is 31.4 Å². The van der Waals surface area contributed by atoms with Crippen LogP contribution >= 0.6 is 0 Å². The summed E-state index contributed by atoms with van der Waals surface area (Å²) < 4.78 is 5.26. The van der Waals surface area contributed by atoms with E-state index in [1.165, 1.54) is 24.9 Å². The predicted octanol–water partition coefficient (Wildman–Crippen LogP) is 2.44. The number of phenols is 1. The number of carbonyl (C=O) groups is 2. The first-order valence-electron chi connectivity index (χ1n) is 7.93. The number of nitrogens with zero attached hydrogens (tertiary/aromatic N) is 1. The molecule has 7 nitrogen and oxygen atoms in total. The smallest absolute Gasteiger partial charge is 0.339 e. The van der Waals surface area contributed by atoms with E-state index >= 15 is 0 Å². The van der Waals surface area contributed by atoms with Crippen molar-refractivity contribution in [2.24, 2.45) is 5.92 Å². The molecule has 1 atom stereocenters. The number of benzene rings is 1. The first-order chi connectivity index (χ1) is 11.7. The number of aliphatic carboxylic acids is 1. The molecular formula is C18H21NO6. The number of aromatic hydroxyl groups is 1. The Morgan fingerprint density at radius 2 is 1.96 bits per heavy atom. The summed E-state index contributed by atoms with van der Waals surface area (Å²) in [6.07, 6.45) is 0.453. The number of hydrogen-bond acceptors (Lipinski definition) is 5. The second-order valence-electron chi connectivity index (χ2n) is 6.06. The summed E-state index contributed by atoms with van der Waals surface area (Å²) in [6, 6.07) is 2.85. The Labute approximate surface area is 144 Å². The first kappa shape index (κ1) is 18.5. The third kappa shape index (κ3) is 3.50. The maximum absolute atomic E-state index is 12.3. The van der Waals surface area contributed by atoms with Gasteiger partial charge in [0.25, 0.3) is 0 Å². The number of carboxylic acids is 1. The molecular weight excluding hydrogens is 326 g/mol. The van der Waals surface area contributed by atoms with Crippen molar-refractivity contribution in [2.45, 2.75) is 33.6 Å². The fourth-order valence-electron chi connectivity index (χ4n) is 2.74. The van der Waals surface area contributed by atoms with E-state index < -0.39 is 17.5 Å². The number of hydrogen-bond donors (Lipinski definition) is 2. The van der Waals surface area contributed by atoms with E-state index in [1.54, 1.807) is 19.9 Å². The highest BCUT2D eigenvalue weighted by Gasteiger charge is 2.22. The van der Waals surface area contributed by atoms with Crippen molar-refractivity contribution in [3.8, 4) is 5.75 Å². The minimum atomic E-state index is -0.968. The van der Waals surface area contributed by atoms with Gasteiger partial charge in [-0.25, -0.2) is 4.79 Å². The van der Waals surface area contributed by atoms with Gasteiger partial charge in [0, 0.05) is 31.0 Å². The molecule has 1 amide bonds. The molecule has 0 bridgehead atoms. The van der Waals surface area contributed by atoms with Gasteiger partial charge < -0.3 is 19.5 Å². The zero-order valence-corrected chi connectivity index (χ0v) is 14.6. The topological polar surface area (TPSA) is 108 Å². The van der Waals surface area contributed by atoms with Crippen LogP contribution in [0.1, 0.15) is 31.4 Å². The lowest BCUT2D eigenvalue weighted by Gasteiger charge is -2.18. The number of anilines is 1. The number of phenolic OH excluding ortho intramolecular Hbond substituents is 1. The fraction of sp³-hybridized carbons (Fsp3) is 0.389. The van der Waals surface area contributed by atoms with E-state index in [9.17, 15) is 24.6 Å². The van der Waals surface area contributed by atoms with Crippen molar-refractivity contribution in [3.05, 3.63) is 33.7 Å². The van der Waals surface area contributed by atoms with Crippen molar-refractivity contribution in [2.75, 3.05) is 11.9 Å². The second-order valence-corrected chi connectivity index (χ2v) is 6.06. The van der Waals surface area contributed by atoms with Crippen molar-refractivity contribution < 1.29 is 24.2 Å². The lowest BCUT2D eigenvalue weighted by molar-refractivity contribution is -0.141. The monoisotopic (exact) mass is 347 g/mol. The average Bonchev–Trinajstić information content (AvgIpc) is 2.53. The number of carboxylic acid groups (broad SMARTS) is 1. The standard InChI is InChI=1S/C18H21NO6/c1-5-11(17(22)23)6-13-9(2)12-7-14(19(4)10(3)20)15(21)8-16(12)25-18(13)24/h7-8,11,21H,5-6H2,1-4H3,(H,22,23). The molecule has 0 saturated carbocycles. The Bertz CT molecular complexity index is 899. The summed E-state index contributed by atoms with van der Waals surface area (Å²) in [6.45, 7) is 4.82. The van der Waals surface area contributed by atoms with Crippen LogP contribution in [0.2, 0.25) is 0 Å². The number of fused-ring (bicyclic) bond motifs is 1. The SMILES string of the molecule is CCC(Cc1c(C)c2cc(N(C)C(C)=O)c(O)cc2oc1=O)C(=O)O. The largest absolute Gasteiger partial charge is 0.506 e. The molecule has 0 aliphatic carbocycles. The Balaban J connectivity index is 2.67. The molecule has 1 unspecified atom stereocenters. The van der Waals surface area contributed by atoms with Gasteiger partial charge in [-0.1, -0.05) is 6.92 Å². The summed E-state index contributed by atoms with van der Waals surface area (Å²) in [4.78, 5) is 36.4. The van der Waals surface area contributed by atoms with E-state index in [-0.39, 0.29) is 29.3 Å². The van der Waals surface area contributed by atoms with E-state index in [0.717, 1.165) is 0 Å². The molecule has 0 aliphatic rings. The minimum Gasteiger partial charge on any atom is -0.506 e. The Morgan fingerprint density at radius 1 is 1.32 bits per heavy atom. The van der Waals surface area contributed by atoms with Crippen molar-refractivity contribution in [1.82, 2.24) is 0 Å². The molecule has 0 aliphatic heterocycles. The maximum Gasteiger partial charge on any atom is 0.339 e. The molecule has 25 heavy (non-hydrogen) atoms. The van der Waals surface area contributed by atoms with Crippen LogP contribution in [0.5, 0.6) is 5.75 Å². The van der Waals surface area contributed by atoms with Gasteiger partial charge in [0.1, 0.15) is 11.3 Å². The Morgan fingerprint density at radius 3 is 2.48 bits per heavy atom. The van der Waals surface area contributed by atoms with Crippen LogP contribution in [-0.2, 0) is 16.0 Å². The normalized spacial score (nSPS) is 12.2. The molecule has 2 rings (SSSR count). The van der Waals surface area contributed by atoms with Gasteiger partial charge >= 0.3 is 11.6 Å². The predicted molar refractivity (Wildman–Crippen MR) is 93.1 cm³/mol. The maximum atomic E-state index is 12.3. The van der Waals surface area contributed by atoms with Gasteiger partial charge in [-0.15, -0.1) is 0 Å². The summed E-state index contributed by atoms with van der Waals surface area (Å²) in [5.41, 5.74) is 0.741. The third-order valence-corrected chi connectivity index (χ3v) is 4.51. The molecule has 134 valence electrons. The molecule has 2 aromatic rings. The van der Waals surface area contributed by atoms with Crippen LogP contribution in [0, 0.1) is 12.8 Å². The molecule has 7 heteroatoms. The average molecular weight is 347 g/mol. The Hall–Kier alpha value is -2.83. The van der Waals surface area contributed by atoms with Crippen molar-refractivity contribution in [3.63, 3.8) is 0 Å². The second kappa shape index (κ2) is 6.96.